The van der Waals surface area contributed by atoms with Gasteiger partial charge in [-0.25, -0.2) is 4.98 Å². The van der Waals surface area contributed by atoms with E-state index in [2.05, 4.69) is 21.3 Å². The van der Waals surface area contributed by atoms with Crippen LogP contribution in [0.2, 0.25) is 0 Å². The summed E-state index contributed by atoms with van der Waals surface area (Å²) in [4.78, 5) is 18.9. The van der Waals surface area contributed by atoms with E-state index in [1.807, 2.05) is 36.4 Å². The Hall–Kier alpha value is -3.07. The monoisotopic (exact) mass is 362 g/mol. The molecule has 4 rings (SSSR count). The zero-order chi connectivity index (χ0) is 18.9. The summed E-state index contributed by atoms with van der Waals surface area (Å²) < 4.78 is 5.22. The van der Waals surface area contributed by atoms with Gasteiger partial charge in [-0.2, -0.15) is 5.26 Å². The molecule has 2 aliphatic heterocycles. The van der Waals surface area contributed by atoms with Crippen molar-refractivity contribution in [3.8, 4) is 11.9 Å². The minimum atomic E-state index is -0.155. The van der Waals surface area contributed by atoms with Crippen LogP contribution in [0.4, 0.5) is 5.69 Å². The van der Waals surface area contributed by atoms with Crippen molar-refractivity contribution in [3.05, 3.63) is 53.7 Å². The largest absolute Gasteiger partial charge is 0.480 e. The molecule has 2 aromatic rings. The lowest BCUT2D eigenvalue weighted by Crippen LogP contribution is -2.51. The van der Waals surface area contributed by atoms with Gasteiger partial charge in [0.2, 0.25) is 11.8 Å². The molecule has 0 bridgehead atoms. The number of nitrogens with zero attached hydrogens (tertiary/aromatic N) is 3. The van der Waals surface area contributed by atoms with Crippen LogP contribution >= 0.6 is 0 Å². The van der Waals surface area contributed by atoms with Gasteiger partial charge in [-0.15, -0.1) is 0 Å². The number of methoxy groups -OCH3 is 1. The molecule has 1 amide bonds. The molecule has 1 unspecified atom stereocenters. The van der Waals surface area contributed by atoms with E-state index in [4.69, 9.17) is 4.74 Å². The smallest absolute Gasteiger partial charge is 0.233 e. The van der Waals surface area contributed by atoms with Crippen LogP contribution < -0.4 is 15.0 Å². The molecule has 2 fully saturated rings. The van der Waals surface area contributed by atoms with E-state index in [0.29, 0.717) is 11.4 Å². The first-order valence-corrected chi connectivity index (χ1v) is 9.21. The van der Waals surface area contributed by atoms with Gasteiger partial charge in [0.1, 0.15) is 11.6 Å². The molecule has 138 valence electrons. The lowest BCUT2D eigenvalue weighted by molar-refractivity contribution is -0.121. The fraction of sp³-hybridized carbons (Fsp3) is 0.381. The number of carbonyl (C=O) groups excluding carboxylic acids is 1. The van der Waals surface area contributed by atoms with Crippen molar-refractivity contribution >= 4 is 11.6 Å². The third-order valence-electron chi connectivity index (χ3n) is 5.76. The highest BCUT2D eigenvalue weighted by Gasteiger charge is 2.46. The van der Waals surface area contributed by atoms with Crippen LogP contribution in [0, 0.1) is 11.3 Å². The maximum absolute atomic E-state index is 12.6. The van der Waals surface area contributed by atoms with Gasteiger partial charge in [0.05, 0.1) is 18.7 Å². The van der Waals surface area contributed by atoms with Crippen LogP contribution in [0.25, 0.3) is 0 Å². The van der Waals surface area contributed by atoms with E-state index in [-0.39, 0.29) is 17.4 Å². The Morgan fingerprint density at radius 3 is 2.67 bits per heavy atom. The molecular formula is C21H22N4O2. The first kappa shape index (κ1) is 17.3. The van der Waals surface area contributed by atoms with Crippen molar-refractivity contribution in [2.45, 2.75) is 30.7 Å². The SMILES string of the molecule is COc1nccc(N2CCC3(CC2)CC(c2ccccc2)C(=O)N3)c1C#N. The Bertz CT molecular complexity index is 883. The Labute approximate surface area is 158 Å². The van der Waals surface area contributed by atoms with E-state index < -0.39 is 0 Å². The lowest BCUT2D eigenvalue weighted by atomic mass is 9.81. The van der Waals surface area contributed by atoms with Gasteiger partial charge in [-0.1, -0.05) is 30.3 Å². The fourth-order valence-electron chi connectivity index (χ4n) is 4.30. The predicted octanol–water partition coefficient (Wildman–Crippen LogP) is 2.60. The first-order chi connectivity index (χ1) is 13.2. The van der Waals surface area contributed by atoms with Crippen molar-refractivity contribution in [1.82, 2.24) is 10.3 Å². The zero-order valence-electron chi connectivity index (χ0n) is 15.3. The molecule has 1 spiro atoms. The number of carbonyl (C=O) groups is 1. The van der Waals surface area contributed by atoms with Gasteiger partial charge >= 0.3 is 0 Å². The maximum atomic E-state index is 12.6. The summed E-state index contributed by atoms with van der Waals surface area (Å²) in [6.45, 7) is 1.56. The molecule has 1 atom stereocenters. The van der Waals surface area contributed by atoms with E-state index in [1.165, 1.54) is 7.11 Å². The van der Waals surface area contributed by atoms with E-state index in [1.54, 1.807) is 6.20 Å². The second kappa shape index (κ2) is 6.92. The predicted molar refractivity (Wildman–Crippen MR) is 102 cm³/mol. The Kier molecular flexibility index (Phi) is 4.44. The number of anilines is 1. The molecule has 2 saturated heterocycles. The molecule has 0 aliphatic carbocycles. The topological polar surface area (TPSA) is 78.2 Å². The highest BCUT2D eigenvalue weighted by molar-refractivity contribution is 5.87. The van der Waals surface area contributed by atoms with Crippen molar-refractivity contribution in [2.75, 3.05) is 25.1 Å². The number of hydrogen-bond donors (Lipinski definition) is 1. The lowest BCUT2D eigenvalue weighted by Gasteiger charge is -2.40. The second-order valence-corrected chi connectivity index (χ2v) is 7.25. The molecule has 3 heterocycles. The number of benzene rings is 1. The van der Waals surface area contributed by atoms with Crippen molar-refractivity contribution in [1.29, 1.82) is 5.26 Å². The standard InChI is InChI=1S/C21H22N4O2/c1-27-20-17(14-22)18(7-10-23-20)25-11-8-21(9-12-25)13-16(19(26)24-21)15-5-3-2-4-6-15/h2-7,10,16H,8-9,11-13H2,1H3,(H,24,26). The molecule has 1 N–H and O–H groups in total. The summed E-state index contributed by atoms with van der Waals surface area (Å²) in [5.41, 5.74) is 2.24. The Morgan fingerprint density at radius 1 is 1.26 bits per heavy atom. The van der Waals surface area contributed by atoms with Crippen LogP contribution in [0.5, 0.6) is 5.88 Å². The molecular weight excluding hydrogens is 340 g/mol. The number of nitriles is 1. The van der Waals surface area contributed by atoms with Gasteiger partial charge in [0.15, 0.2) is 0 Å². The van der Waals surface area contributed by atoms with Crippen LogP contribution in [-0.4, -0.2) is 36.6 Å². The number of ether oxygens (including phenoxy) is 1. The minimum absolute atomic E-state index is 0.0755. The second-order valence-electron chi connectivity index (χ2n) is 7.25. The normalized spacial score (nSPS) is 21.0. The Balaban J connectivity index is 1.50. The molecule has 6 heteroatoms. The molecule has 1 aromatic heterocycles. The highest BCUT2D eigenvalue weighted by atomic mass is 16.5. The molecule has 0 radical (unpaired) electrons. The molecule has 1 aromatic carbocycles. The van der Waals surface area contributed by atoms with Crippen LogP contribution in [0.3, 0.4) is 0 Å². The number of aromatic nitrogens is 1. The van der Waals surface area contributed by atoms with Crippen LogP contribution in [0.15, 0.2) is 42.6 Å². The first-order valence-electron chi connectivity index (χ1n) is 9.21. The van der Waals surface area contributed by atoms with Crippen molar-refractivity contribution in [3.63, 3.8) is 0 Å². The number of pyridine rings is 1. The molecule has 0 saturated carbocycles. The van der Waals surface area contributed by atoms with Gasteiger partial charge in [0.25, 0.3) is 0 Å². The zero-order valence-corrected chi connectivity index (χ0v) is 15.3. The van der Waals surface area contributed by atoms with Gasteiger partial charge in [0, 0.05) is 24.8 Å². The number of piperidine rings is 1. The van der Waals surface area contributed by atoms with Crippen LogP contribution in [0.1, 0.15) is 36.3 Å². The number of amides is 1. The minimum Gasteiger partial charge on any atom is -0.480 e. The average Bonchev–Trinajstić information content (AvgIpc) is 3.04. The van der Waals surface area contributed by atoms with E-state index in [0.717, 1.165) is 43.6 Å². The van der Waals surface area contributed by atoms with Gasteiger partial charge < -0.3 is 15.0 Å². The summed E-state index contributed by atoms with van der Waals surface area (Å²) >= 11 is 0. The summed E-state index contributed by atoms with van der Waals surface area (Å²) in [6.07, 6.45) is 4.21. The summed E-state index contributed by atoms with van der Waals surface area (Å²) in [6, 6.07) is 14.1. The Morgan fingerprint density at radius 2 is 2.00 bits per heavy atom. The van der Waals surface area contributed by atoms with Gasteiger partial charge in [-0.05, 0) is 30.9 Å². The van der Waals surface area contributed by atoms with Crippen molar-refractivity contribution in [2.24, 2.45) is 0 Å². The fourth-order valence-corrected chi connectivity index (χ4v) is 4.30. The van der Waals surface area contributed by atoms with Gasteiger partial charge in [-0.3, -0.25) is 4.79 Å². The third kappa shape index (κ3) is 3.10. The molecule has 6 nitrogen and oxygen atoms in total. The highest BCUT2D eigenvalue weighted by Crippen LogP contribution is 2.40. The van der Waals surface area contributed by atoms with E-state index in [9.17, 15) is 10.1 Å². The average molecular weight is 362 g/mol. The number of rotatable bonds is 3. The summed E-state index contributed by atoms with van der Waals surface area (Å²) in [5.74, 6) is 0.403. The molecule has 27 heavy (non-hydrogen) atoms. The van der Waals surface area contributed by atoms with Crippen LogP contribution in [-0.2, 0) is 4.79 Å². The molecule has 2 aliphatic rings. The quantitative estimate of drug-likeness (QED) is 0.908. The van der Waals surface area contributed by atoms with E-state index >= 15 is 0 Å². The number of nitrogens with one attached hydrogen (secondary N) is 1. The third-order valence-corrected chi connectivity index (χ3v) is 5.76. The number of hydrogen-bond acceptors (Lipinski definition) is 5. The maximum Gasteiger partial charge on any atom is 0.233 e. The summed E-state index contributed by atoms with van der Waals surface area (Å²) in [7, 11) is 1.52. The van der Waals surface area contributed by atoms with Crippen molar-refractivity contribution < 1.29 is 9.53 Å². The summed E-state index contributed by atoms with van der Waals surface area (Å²) in [5, 5.41) is 12.8.